The molecule has 0 aromatic carbocycles. The van der Waals surface area contributed by atoms with Gasteiger partial charge in [0.25, 0.3) is 0 Å². The monoisotopic (exact) mass is 273 g/mol. The average molecular weight is 273 g/mol. The molecule has 0 atom stereocenters. The van der Waals surface area contributed by atoms with Gasteiger partial charge in [0.2, 0.25) is 0 Å². The highest BCUT2D eigenvalue weighted by atomic mass is 32.1. The summed E-state index contributed by atoms with van der Waals surface area (Å²) in [5.74, 6) is -0.843. The van der Waals surface area contributed by atoms with Gasteiger partial charge >= 0.3 is 5.97 Å². The summed E-state index contributed by atoms with van der Waals surface area (Å²) in [6, 6.07) is 3.66. The molecule has 0 amide bonds. The second-order valence-electron chi connectivity index (χ2n) is 4.24. The zero-order valence-corrected chi connectivity index (χ0v) is 11.2. The number of hydrogen-bond donors (Lipinski definition) is 4. The van der Waals surface area contributed by atoms with Crippen molar-refractivity contribution in [2.75, 3.05) is 13.2 Å². The normalized spacial score (nSPS) is 11.7. The van der Waals surface area contributed by atoms with Gasteiger partial charge in [-0.25, -0.2) is 0 Å². The molecule has 4 N–H and O–H groups in total. The van der Waals surface area contributed by atoms with Gasteiger partial charge in [-0.05, 0) is 18.6 Å². The molecule has 0 bridgehead atoms. The van der Waals surface area contributed by atoms with Crippen molar-refractivity contribution in [2.24, 2.45) is 0 Å². The van der Waals surface area contributed by atoms with E-state index in [9.17, 15) is 15.0 Å². The fourth-order valence-corrected chi connectivity index (χ4v) is 2.50. The van der Waals surface area contributed by atoms with Crippen molar-refractivity contribution in [3.63, 3.8) is 0 Å². The van der Waals surface area contributed by atoms with Crippen LogP contribution in [0.25, 0.3) is 0 Å². The van der Waals surface area contributed by atoms with E-state index in [1.165, 1.54) is 11.3 Å². The number of aliphatic hydroxyl groups excluding tert-OH is 2. The first-order chi connectivity index (χ1) is 8.55. The second kappa shape index (κ2) is 6.84. The van der Waals surface area contributed by atoms with Gasteiger partial charge in [-0.2, -0.15) is 0 Å². The summed E-state index contributed by atoms with van der Waals surface area (Å²) in [5.41, 5.74) is -0.670. The van der Waals surface area contributed by atoms with Crippen LogP contribution in [0.15, 0.2) is 12.1 Å². The van der Waals surface area contributed by atoms with Crippen LogP contribution in [0, 0.1) is 0 Å². The molecule has 0 saturated heterocycles. The molecular weight excluding hydrogens is 254 g/mol. The van der Waals surface area contributed by atoms with Crippen molar-refractivity contribution >= 4 is 17.3 Å². The van der Waals surface area contributed by atoms with E-state index < -0.39 is 11.5 Å². The summed E-state index contributed by atoms with van der Waals surface area (Å²) in [6.07, 6.45) is 0.650. The molecule has 1 aromatic rings. The summed E-state index contributed by atoms with van der Waals surface area (Å²) < 4.78 is 0. The molecule has 5 nitrogen and oxygen atoms in total. The van der Waals surface area contributed by atoms with E-state index in [4.69, 9.17) is 5.11 Å². The number of hydrogen-bond acceptors (Lipinski definition) is 5. The predicted molar refractivity (Wildman–Crippen MR) is 69.7 cm³/mol. The minimum absolute atomic E-state index is 0.0313. The Balaban J connectivity index is 2.57. The number of carboxylic acids is 1. The van der Waals surface area contributed by atoms with Gasteiger partial charge in [0, 0.05) is 16.3 Å². The molecule has 1 aromatic heterocycles. The fraction of sp³-hybridized carbons (Fsp3) is 0.583. The first kappa shape index (κ1) is 15.1. The fourth-order valence-electron chi connectivity index (χ4n) is 1.55. The van der Waals surface area contributed by atoms with Crippen molar-refractivity contribution in [1.82, 2.24) is 5.32 Å². The molecule has 0 aliphatic rings. The summed E-state index contributed by atoms with van der Waals surface area (Å²) in [6.45, 7) is 2.14. The van der Waals surface area contributed by atoms with Crippen LogP contribution < -0.4 is 5.32 Å². The molecule has 0 spiro atoms. The molecule has 0 aliphatic heterocycles. The van der Waals surface area contributed by atoms with Crippen LogP contribution in [0.5, 0.6) is 0 Å². The maximum absolute atomic E-state index is 10.6. The van der Waals surface area contributed by atoms with Crippen molar-refractivity contribution < 1.29 is 20.1 Å². The second-order valence-corrected chi connectivity index (χ2v) is 5.50. The zero-order valence-electron chi connectivity index (χ0n) is 10.3. The lowest BCUT2D eigenvalue weighted by molar-refractivity contribution is -0.136. The lowest BCUT2D eigenvalue weighted by Crippen LogP contribution is -2.50. The van der Waals surface area contributed by atoms with Gasteiger partial charge in [0.15, 0.2) is 0 Å². The van der Waals surface area contributed by atoms with Crippen molar-refractivity contribution in [1.29, 1.82) is 0 Å². The SMILES string of the molecule is CCC(CO)(CO)NCc1ccc(CC(=O)O)s1. The average Bonchev–Trinajstić information content (AvgIpc) is 2.78. The lowest BCUT2D eigenvalue weighted by Gasteiger charge is -2.29. The number of carboxylic acid groups (broad SMARTS) is 1. The highest BCUT2D eigenvalue weighted by molar-refractivity contribution is 7.12. The van der Waals surface area contributed by atoms with Crippen molar-refractivity contribution in [3.05, 3.63) is 21.9 Å². The number of rotatable bonds is 8. The molecule has 102 valence electrons. The molecule has 6 heteroatoms. The van der Waals surface area contributed by atoms with E-state index in [2.05, 4.69) is 5.32 Å². The van der Waals surface area contributed by atoms with Crippen LogP contribution in [0.4, 0.5) is 0 Å². The first-order valence-corrected chi connectivity index (χ1v) is 6.63. The van der Waals surface area contributed by atoms with Gasteiger partial charge in [-0.1, -0.05) is 6.92 Å². The molecule has 1 heterocycles. The Hall–Kier alpha value is -0.950. The summed E-state index contributed by atoms with van der Waals surface area (Å²) in [5, 5.41) is 30.4. The third-order valence-corrected chi connectivity index (χ3v) is 4.05. The molecule has 0 fully saturated rings. The van der Waals surface area contributed by atoms with Crippen LogP contribution in [0.2, 0.25) is 0 Å². The zero-order chi connectivity index (χ0) is 13.6. The Bertz CT molecular complexity index is 379. The Morgan fingerprint density at radius 1 is 1.33 bits per heavy atom. The predicted octanol–water partition coefficient (Wildman–Crippen LogP) is 0.598. The van der Waals surface area contributed by atoms with Gasteiger partial charge in [0.1, 0.15) is 0 Å². The number of aliphatic carboxylic acids is 1. The van der Waals surface area contributed by atoms with Crippen LogP contribution in [0.1, 0.15) is 23.1 Å². The molecule has 18 heavy (non-hydrogen) atoms. The van der Waals surface area contributed by atoms with Gasteiger partial charge < -0.3 is 20.6 Å². The Kier molecular flexibility index (Phi) is 5.74. The van der Waals surface area contributed by atoms with Crippen molar-refractivity contribution in [3.8, 4) is 0 Å². The largest absolute Gasteiger partial charge is 0.481 e. The minimum atomic E-state index is -0.843. The molecule has 0 aliphatic carbocycles. The minimum Gasteiger partial charge on any atom is -0.481 e. The van der Waals surface area contributed by atoms with E-state index >= 15 is 0 Å². The Morgan fingerprint density at radius 3 is 2.44 bits per heavy atom. The van der Waals surface area contributed by atoms with Crippen LogP contribution in [-0.2, 0) is 17.8 Å². The number of carbonyl (C=O) groups is 1. The third-order valence-electron chi connectivity index (χ3n) is 2.96. The highest BCUT2D eigenvalue weighted by Gasteiger charge is 2.25. The first-order valence-electron chi connectivity index (χ1n) is 5.81. The number of nitrogens with one attached hydrogen (secondary N) is 1. The Morgan fingerprint density at radius 2 is 1.94 bits per heavy atom. The summed E-state index contributed by atoms with van der Waals surface area (Å²) in [7, 11) is 0. The van der Waals surface area contributed by atoms with E-state index in [1.54, 1.807) is 6.07 Å². The maximum Gasteiger partial charge on any atom is 0.308 e. The molecule has 0 unspecified atom stereocenters. The maximum atomic E-state index is 10.6. The summed E-state index contributed by atoms with van der Waals surface area (Å²) >= 11 is 1.43. The summed E-state index contributed by atoms with van der Waals surface area (Å²) in [4.78, 5) is 12.4. The van der Waals surface area contributed by atoms with Crippen molar-refractivity contribution in [2.45, 2.75) is 31.8 Å². The van der Waals surface area contributed by atoms with Gasteiger partial charge in [-0.15, -0.1) is 11.3 Å². The van der Waals surface area contributed by atoms with Gasteiger partial charge in [0.05, 0.1) is 25.2 Å². The highest BCUT2D eigenvalue weighted by Crippen LogP contribution is 2.18. The van der Waals surface area contributed by atoms with E-state index in [0.717, 1.165) is 9.75 Å². The van der Waals surface area contributed by atoms with E-state index in [1.807, 2.05) is 13.0 Å². The Labute approximate surface area is 110 Å². The lowest BCUT2D eigenvalue weighted by atomic mass is 9.98. The molecule has 1 rings (SSSR count). The smallest absolute Gasteiger partial charge is 0.308 e. The number of thiophene rings is 1. The third kappa shape index (κ3) is 4.06. The quantitative estimate of drug-likeness (QED) is 0.557. The standard InChI is InChI=1S/C12H19NO4S/c1-2-12(7-14,8-15)13-6-10-4-3-9(18-10)5-11(16)17/h3-4,13-15H,2,5-8H2,1H3,(H,16,17). The van der Waals surface area contributed by atoms with E-state index in [0.29, 0.717) is 13.0 Å². The molecular formula is C12H19NO4S. The van der Waals surface area contributed by atoms with Crippen LogP contribution >= 0.6 is 11.3 Å². The van der Waals surface area contributed by atoms with Gasteiger partial charge in [-0.3, -0.25) is 4.79 Å². The van der Waals surface area contributed by atoms with Crippen LogP contribution in [0.3, 0.4) is 0 Å². The van der Waals surface area contributed by atoms with E-state index in [-0.39, 0.29) is 19.6 Å². The molecule has 0 radical (unpaired) electrons. The van der Waals surface area contributed by atoms with Crippen LogP contribution in [-0.4, -0.2) is 40.0 Å². The number of aliphatic hydroxyl groups is 2. The molecule has 0 saturated carbocycles. The topological polar surface area (TPSA) is 89.8 Å².